The van der Waals surface area contributed by atoms with Gasteiger partial charge in [0.25, 0.3) is 0 Å². The maximum absolute atomic E-state index is 12.4. The first-order valence-corrected chi connectivity index (χ1v) is 9.77. The minimum atomic E-state index is -1.29. The molecule has 0 spiro atoms. The van der Waals surface area contributed by atoms with Crippen LogP contribution in [0.25, 0.3) is 0 Å². The van der Waals surface area contributed by atoms with Gasteiger partial charge in [-0.2, -0.15) is 0 Å². The van der Waals surface area contributed by atoms with Crippen molar-refractivity contribution in [3.05, 3.63) is 24.3 Å². The van der Waals surface area contributed by atoms with Gasteiger partial charge in [-0.15, -0.1) is 11.8 Å². The molecule has 0 aliphatic heterocycles. The van der Waals surface area contributed by atoms with Crippen molar-refractivity contribution in [3.8, 4) is 5.75 Å². The Labute approximate surface area is 158 Å². The van der Waals surface area contributed by atoms with E-state index in [0.717, 1.165) is 10.6 Å². The van der Waals surface area contributed by atoms with Gasteiger partial charge in [-0.1, -0.05) is 13.8 Å². The zero-order valence-electron chi connectivity index (χ0n) is 15.7. The average Bonchev–Trinajstić information content (AvgIpc) is 2.60. The SMILES string of the molecule is CCOc1ccc(SCC(=O)NC2(C(=O)O)CC(OCC)C2(C)C)cc1. The number of nitrogens with one attached hydrogen (secondary N) is 1. The highest BCUT2D eigenvalue weighted by atomic mass is 32.2. The number of benzene rings is 1. The second kappa shape index (κ2) is 8.31. The minimum Gasteiger partial charge on any atom is -0.494 e. The van der Waals surface area contributed by atoms with E-state index in [4.69, 9.17) is 9.47 Å². The van der Waals surface area contributed by atoms with E-state index in [-0.39, 0.29) is 24.2 Å². The van der Waals surface area contributed by atoms with Gasteiger partial charge in [0, 0.05) is 23.3 Å². The van der Waals surface area contributed by atoms with E-state index in [0.29, 0.717) is 13.2 Å². The number of carbonyl (C=O) groups excluding carboxylic acids is 1. The van der Waals surface area contributed by atoms with Gasteiger partial charge in [0.1, 0.15) is 11.3 Å². The van der Waals surface area contributed by atoms with Crippen LogP contribution in [0.1, 0.15) is 34.1 Å². The van der Waals surface area contributed by atoms with Crippen LogP contribution in [0.4, 0.5) is 0 Å². The number of rotatable bonds is 9. The number of carboxylic acid groups (broad SMARTS) is 1. The molecule has 1 amide bonds. The Balaban J connectivity index is 1.96. The molecule has 0 bridgehead atoms. The third kappa shape index (κ3) is 3.99. The molecule has 2 N–H and O–H groups in total. The third-order valence-corrected chi connectivity index (χ3v) is 6.00. The van der Waals surface area contributed by atoms with Crippen LogP contribution in [0.3, 0.4) is 0 Å². The van der Waals surface area contributed by atoms with Gasteiger partial charge in [0.2, 0.25) is 5.91 Å². The minimum absolute atomic E-state index is 0.151. The summed E-state index contributed by atoms with van der Waals surface area (Å²) in [4.78, 5) is 25.2. The monoisotopic (exact) mass is 381 g/mol. The van der Waals surface area contributed by atoms with E-state index in [1.807, 2.05) is 52.0 Å². The molecule has 0 aromatic heterocycles. The van der Waals surface area contributed by atoms with E-state index < -0.39 is 16.9 Å². The molecule has 7 heteroatoms. The standard InChI is InChI=1S/C19H27NO5S/c1-5-24-13-7-9-14(10-8-13)26-12-16(21)20-19(17(22)23)11-15(25-6-2)18(19,3)4/h7-10,15H,5-6,11-12H2,1-4H3,(H,20,21)(H,22,23). The zero-order chi connectivity index (χ0) is 19.4. The van der Waals surface area contributed by atoms with E-state index in [2.05, 4.69) is 5.32 Å². The second-order valence-electron chi connectivity index (χ2n) is 6.82. The Morgan fingerprint density at radius 3 is 2.38 bits per heavy atom. The second-order valence-corrected chi connectivity index (χ2v) is 7.87. The first-order chi connectivity index (χ1) is 12.3. The fraction of sp³-hybridized carbons (Fsp3) is 0.579. The maximum Gasteiger partial charge on any atom is 0.330 e. The lowest BCUT2D eigenvalue weighted by atomic mass is 9.54. The summed E-state index contributed by atoms with van der Waals surface area (Å²) in [5.74, 6) is -0.380. The molecule has 0 saturated heterocycles. The summed E-state index contributed by atoms with van der Waals surface area (Å²) in [6, 6.07) is 7.47. The van der Waals surface area contributed by atoms with Crippen molar-refractivity contribution in [2.75, 3.05) is 19.0 Å². The predicted molar refractivity (Wildman–Crippen MR) is 101 cm³/mol. The summed E-state index contributed by atoms with van der Waals surface area (Å²) >= 11 is 1.36. The number of hydrogen-bond donors (Lipinski definition) is 2. The van der Waals surface area contributed by atoms with Crippen molar-refractivity contribution < 1.29 is 24.2 Å². The molecule has 26 heavy (non-hydrogen) atoms. The number of thioether (sulfide) groups is 1. The topological polar surface area (TPSA) is 84.9 Å². The molecule has 1 aromatic carbocycles. The normalized spacial score (nSPS) is 23.8. The first-order valence-electron chi connectivity index (χ1n) is 8.78. The molecule has 2 rings (SSSR count). The highest BCUT2D eigenvalue weighted by Crippen LogP contribution is 2.51. The molecule has 1 aromatic rings. The molecule has 0 heterocycles. The largest absolute Gasteiger partial charge is 0.494 e. The lowest BCUT2D eigenvalue weighted by molar-refractivity contribution is -0.194. The van der Waals surface area contributed by atoms with Crippen LogP contribution in [0.5, 0.6) is 5.75 Å². The van der Waals surface area contributed by atoms with Gasteiger partial charge in [-0.25, -0.2) is 4.79 Å². The Morgan fingerprint density at radius 2 is 1.88 bits per heavy atom. The van der Waals surface area contributed by atoms with E-state index in [1.54, 1.807) is 0 Å². The summed E-state index contributed by atoms with van der Waals surface area (Å²) in [6.45, 7) is 8.57. The quantitative estimate of drug-likeness (QED) is 0.640. The predicted octanol–water partition coefficient (Wildman–Crippen LogP) is 2.95. The highest BCUT2D eigenvalue weighted by molar-refractivity contribution is 8.00. The molecule has 144 valence electrons. The smallest absolute Gasteiger partial charge is 0.330 e. The first kappa shape index (κ1) is 20.6. The number of hydrogen-bond acceptors (Lipinski definition) is 5. The van der Waals surface area contributed by atoms with Gasteiger partial charge in [0.15, 0.2) is 0 Å². The van der Waals surface area contributed by atoms with Gasteiger partial charge in [0.05, 0.1) is 18.5 Å². The van der Waals surface area contributed by atoms with Crippen molar-refractivity contribution in [1.29, 1.82) is 0 Å². The fourth-order valence-corrected chi connectivity index (χ4v) is 3.96. The lowest BCUT2D eigenvalue weighted by Gasteiger charge is -2.58. The van der Waals surface area contributed by atoms with Crippen molar-refractivity contribution in [1.82, 2.24) is 5.32 Å². The number of carbonyl (C=O) groups is 2. The lowest BCUT2D eigenvalue weighted by Crippen LogP contribution is -2.76. The van der Waals surface area contributed by atoms with Crippen molar-refractivity contribution in [2.24, 2.45) is 5.41 Å². The number of ether oxygens (including phenoxy) is 2. The van der Waals surface area contributed by atoms with Gasteiger partial charge in [-0.3, -0.25) is 4.79 Å². The van der Waals surface area contributed by atoms with Crippen LogP contribution in [0.15, 0.2) is 29.2 Å². The van der Waals surface area contributed by atoms with Crippen molar-refractivity contribution in [3.63, 3.8) is 0 Å². The summed E-state index contributed by atoms with van der Waals surface area (Å²) in [6.07, 6.45) is 0.102. The van der Waals surface area contributed by atoms with E-state index in [9.17, 15) is 14.7 Å². The van der Waals surface area contributed by atoms with Crippen LogP contribution in [0, 0.1) is 5.41 Å². The van der Waals surface area contributed by atoms with Crippen LogP contribution < -0.4 is 10.1 Å². The molecule has 0 radical (unpaired) electrons. The Kier molecular flexibility index (Phi) is 6.58. The third-order valence-electron chi connectivity index (χ3n) is 4.99. The molecular formula is C19H27NO5S. The summed E-state index contributed by atoms with van der Waals surface area (Å²) in [7, 11) is 0. The Hall–Kier alpha value is -1.73. The molecule has 1 fully saturated rings. The number of carboxylic acids is 1. The number of aliphatic carboxylic acids is 1. The summed E-state index contributed by atoms with van der Waals surface area (Å²) < 4.78 is 11.0. The average molecular weight is 381 g/mol. The number of amides is 1. The van der Waals surface area contributed by atoms with E-state index >= 15 is 0 Å². The van der Waals surface area contributed by atoms with Crippen LogP contribution >= 0.6 is 11.8 Å². The molecule has 1 aliphatic carbocycles. The summed E-state index contributed by atoms with van der Waals surface area (Å²) in [5, 5.41) is 12.5. The molecule has 1 saturated carbocycles. The Morgan fingerprint density at radius 1 is 1.23 bits per heavy atom. The highest BCUT2D eigenvalue weighted by Gasteiger charge is 2.66. The van der Waals surface area contributed by atoms with Crippen LogP contribution in [0.2, 0.25) is 0 Å². The summed E-state index contributed by atoms with van der Waals surface area (Å²) in [5.41, 5.74) is -1.96. The fourth-order valence-electron chi connectivity index (χ4n) is 3.26. The van der Waals surface area contributed by atoms with Crippen molar-refractivity contribution >= 4 is 23.6 Å². The molecule has 1 aliphatic rings. The molecular weight excluding hydrogens is 354 g/mol. The maximum atomic E-state index is 12.4. The van der Waals surface area contributed by atoms with Gasteiger partial charge in [-0.05, 0) is 38.1 Å². The molecule has 2 unspecified atom stereocenters. The van der Waals surface area contributed by atoms with Gasteiger partial charge < -0.3 is 19.9 Å². The van der Waals surface area contributed by atoms with Crippen LogP contribution in [-0.2, 0) is 14.3 Å². The van der Waals surface area contributed by atoms with Crippen molar-refractivity contribution in [2.45, 2.75) is 50.7 Å². The zero-order valence-corrected chi connectivity index (χ0v) is 16.5. The Bertz CT molecular complexity index is 646. The molecule has 2 atom stereocenters. The van der Waals surface area contributed by atoms with Crippen LogP contribution in [-0.4, -0.2) is 47.6 Å². The van der Waals surface area contributed by atoms with Gasteiger partial charge >= 0.3 is 5.97 Å². The van der Waals surface area contributed by atoms with E-state index in [1.165, 1.54) is 11.8 Å². The molecule has 6 nitrogen and oxygen atoms in total.